The third-order valence-corrected chi connectivity index (χ3v) is 4.31. The fourth-order valence-corrected chi connectivity index (χ4v) is 2.87. The van der Waals surface area contributed by atoms with Crippen LogP contribution in [0.15, 0.2) is 30.7 Å². The highest BCUT2D eigenvalue weighted by molar-refractivity contribution is 5.76. The van der Waals surface area contributed by atoms with Gasteiger partial charge >= 0.3 is 0 Å². The number of nitrogens with zero attached hydrogens (tertiary/aromatic N) is 5. The van der Waals surface area contributed by atoms with Gasteiger partial charge in [0.05, 0.1) is 6.54 Å². The van der Waals surface area contributed by atoms with Crippen molar-refractivity contribution in [2.75, 3.05) is 24.5 Å². The number of carbonyl (C=O) groups excluding carboxylic acids is 1. The van der Waals surface area contributed by atoms with Crippen molar-refractivity contribution in [3.8, 4) is 0 Å². The molecule has 1 unspecified atom stereocenters. The van der Waals surface area contributed by atoms with Crippen LogP contribution in [0.5, 0.6) is 0 Å². The van der Waals surface area contributed by atoms with Crippen LogP contribution < -0.4 is 10.2 Å². The Morgan fingerprint density at radius 3 is 2.88 bits per heavy atom. The van der Waals surface area contributed by atoms with Gasteiger partial charge in [-0.1, -0.05) is 0 Å². The molecule has 0 aliphatic carbocycles. The van der Waals surface area contributed by atoms with Gasteiger partial charge in [-0.3, -0.25) is 9.48 Å². The van der Waals surface area contributed by atoms with E-state index in [2.05, 4.69) is 20.4 Å². The maximum Gasteiger partial charge on any atom is 0.225 e. The largest absolute Gasteiger partial charge is 0.386 e. The van der Waals surface area contributed by atoms with E-state index in [0.717, 1.165) is 5.69 Å². The number of aryl methyl sites for hydroxylation is 2. The summed E-state index contributed by atoms with van der Waals surface area (Å²) in [5.74, 6) is 0.537. The summed E-state index contributed by atoms with van der Waals surface area (Å²) in [6.07, 6.45) is 6.66. The first kappa shape index (κ1) is 16.4. The molecule has 2 aromatic rings. The van der Waals surface area contributed by atoms with Gasteiger partial charge in [0.1, 0.15) is 5.60 Å². The van der Waals surface area contributed by atoms with Gasteiger partial charge in [0.25, 0.3) is 0 Å². The van der Waals surface area contributed by atoms with Crippen molar-refractivity contribution in [3.63, 3.8) is 0 Å². The fourth-order valence-electron chi connectivity index (χ4n) is 2.87. The first-order valence-electron chi connectivity index (χ1n) is 8.04. The number of aromatic nitrogens is 4. The predicted octanol–water partition coefficient (Wildman–Crippen LogP) is -0.0997. The second kappa shape index (κ2) is 6.96. The molecule has 3 rings (SSSR count). The molecule has 1 atom stereocenters. The van der Waals surface area contributed by atoms with Gasteiger partial charge in [-0.05, 0) is 25.0 Å². The van der Waals surface area contributed by atoms with Gasteiger partial charge in [-0.15, -0.1) is 0 Å². The SMILES string of the molecule is Cn1nccc1CCC(=O)NCC1(O)CCN(c2ncccn2)C1. The molecule has 0 radical (unpaired) electrons. The van der Waals surface area contributed by atoms with Crippen molar-refractivity contribution < 1.29 is 9.90 Å². The molecule has 1 fully saturated rings. The van der Waals surface area contributed by atoms with Gasteiger partial charge in [0, 0.05) is 50.8 Å². The van der Waals surface area contributed by atoms with Gasteiger partial charge in [-0.25, -0.2) is 9.97 Å². The third kappa shape index (κ3) is 3.88. The van der Waals surface area contributed by atoms with Crippen molar-refractivity contribution in [1.82, 2.24) is 25.1 Å². The Labute approximate surface area is 140 Å². The second-order valence-electron chi connectivity index (χ2n) is 6.17. The molecule has 0 spiro atoms. The molecule has 2 N–H and O–H groups in total. The average molecular weight is 330 g/mol. The summed E-state index contributed by atoms with van der Waals surface area (Å²) in [5.41, 5.74) is 0.0682. The first-order valence-corrected chi connectivity index (χ1v) is 8.04. The number of hydrogen-bond donors (Lipinski definition) is 2. The zero-order valence-electron chi connectivity index (χ0n) is 13.7. The van der Waals surface area contributed by atoms with E-state index < -0.39 is 5.60 Å². The Kier molecular flexibility index (Phi) is 4.75. The van der Waals surface area contributed by atoms with E-state index in [9.17, 15) is 9.90 Å². The monoisotopic (exact) mass is 330 g/mol. The summed E-state index contributed by atoms with van der Waals surface area (Å²) in [6, 6.07) is 3.66. The third-order valence-electron chi connectivity index (χ3n) is 4.31. The summed E-state index contributed by atoms with van der Waals surface area (Å²) in [4.78, 5) is 22.3. The Morgan fingerprint density at radius 1 is 1.38 bits per heavy atom. The summed E-state index contributed by atoms with van der Waals surface area (Å²) in [7, 11) is 1.86. The molecule has 1 saturated heterocycles. The lowest BCUT2D eigenvalue weighted by atomic mass is 10.0. The van der Waals surface area contributed by atoms with E-state index >= 15 is 0 Å². The standard InChI is InChI=1S/C16H22N6O2/c1-21-13(5-9-20-21)3-4-14(23)19-11-16(24)6-10-22(12-16)15-17-7-2-8-18-15/h2,5,7-9,24H,3-4,6,10-12H2,1H3,(H,19,23). The molecular weight excluding hydrogens is 308 g/mol. The van der Waals surface area contributed by atoms with E-state index in [4.69, 9.17) is 0 Å². The van der Waals surface area contributed by atoms with E-state index in [1.807, 2.05) is 18.0 Å². The van der Waals surface area contributed by atoms with Gasteiger partial charge < -0.3 is 15.3 Å². The number of nitrogens with one attached hydrogen (secondary N) is 1. The Bertz CT molecular complexity index is 689. The van der Waals surface area contributed by atoms with Crippen LogP contribution in [0.4, 0.5) is 5.95 Å². The normalized spacial score (nSPS) is 20.3. The molecule has 24 heavy (non-hydrogen) atoms. The van der Waals surface area contributed by atoms with Gasteiger partial charge in [0.2, 0.25) is 11.9 Å². The molecule has 0 aromatic carbocycles. The summed E-state index contributed by atoms with van der Waals surface area (Å²) in [5, 5.41) is 17.6. The van der Waals surface area contributed by atoms with E-state index in [1.54, 1.807) is 29.3 Å². The first-order chi connectivity index (χ1) is 11.6. The fraction of sp³-hybridized carbons (Fsp3) is 0.500. The number of aliphatic hydroxyl groups is 1. The minimum atomic E-state index is -0.943. The Morgan fingerprint density at radius 2 is 2.17 bits per heavy atom. The lowest BCUT2D eigenvalue weighted by Gasteiger charge is -2.23. The average Bonchev–Trinajstić information content (AvgIpc) is 3.18. The minimum Gasteiger partial charge on any atom is -0.386 e. The highest BCUT2D eigenvalue weighted by atomic mass is 16.3. The highest BCUT2D eigenvalue weighted by Gasteiger charge is 2.37. The van der Waals surface area contributed by atoms with Crippen LogP contribution >= 0.6 is 0 Å². The molecule has 8 heteroatoms. The van der Waals surface area contributed by atoms with Gasteiger partial charge in [-0.2, -0.15) is 5.10 Å². The van der Waals surface area contributed by atoms with Crippen molar-refractivity contribution in [2.24, 2.45) is 7.05 Å². The maximum atomic E-state index is 12.0. The van der Waals surface area contributed by atoms with Crippen LogP contribution in [-0.4, -0.2) is 56.0 Å². The number of hydrogen-bond acceptors (Lipinski definition) is 6. The maximum absolute atomic E-state index is 12.0. The molecule has 0 bridgehead atoms. The second-order valence-corrected chi connectivity index (χ2v) is 6.17. The van der Waals surface area contributed by atoms with Crippen molar-refractivity contribution in [1.29, 1.82) is 0 Å². The number of amides is 1. The lowest BCUT2D eigenvalue weighted by Crippen LogP contribution is -2.45. The van der Waals surface area contributed by atoms with E-state index in [1.165, 1.54) is 0 Å². The zero-order valence-corrected chi connectivity index (χ0v) is 13.7. The van der Waals surface area contributed by atoms with Crippen LogP contribution in [0, 0.1) is 0 Å². The lowest BCUT2D eigenvalue weighted by molar-refractivity contribution is -0.122. The summed E-state index contributed by atoms with van der Waals surface area (Å²) >= 11 is 0. The molecule has 8 nitrogen and oxygen atoms in total. The van der Waals surface area contributed by atoms with Crippen molar-refractivity contribution in [3.05, 3.63) is 36.4 Å². The molecule has 1 amide bonds. The Balaban J connectivity index is 1.46. The molecule has 3 heterocycles. The highest BCUT2D eigenvalue weighted by Crippen LogP contribution is 2.23. The summed E-state index contributed by atoms with van der Waals surface area (Å²) in [6.45, 7) is 1.32. The number of carbonyl (C=O) groups is 1. The van der Waals surface area contributed by atoms with Crippen LogP contribution in [0.2, 0.25) is 0 Å². The van der Waals surface area contributed by atoms with Gasteiger partial charge in [0.15, 0.2) is 0 Å². The minimum absolute atomic E-state index is 0.0703. The molecule has 128 valence electrons. The van der Waals surface area contributed by atoms with Crippen LogP contribution in [0.3, 0.4) is 0 Å². The number of β-amino-alcohol motifs (C(OH)–C–C–N with tert-alkyl or cyclic N) is 1. The van der Waals surface area contributed by atoms with Crippen molar-refractivity contribution in [2.45, 2.75) is 24.9 Å². The number of rotatable bonds is 6. The topological polar surface area (TPSA) is 96.2 Å². The quantitative estimate of drug-likeness (QED) is 0.768. The molecular formula is C16H22N6O2. The molecule has 2 aromatic heterocycles. The van der Waals surface area contributed by atoms with Crippen LogP contribution in [-0.2, 0) is 18.3 Å². The number of anilines is 1. The molecule has 1 aliphatic heterocycles. The van der Waals surface area contributed by atoms with Crippen LogP contribution in [0.1, 0.15) is 18.5 Å². The smallest absolute Gasteiger partial charge is 0.225 e. The predicted molar refractivity (Wildman–Crippen MR) is 88.4 cm³/mol. The molecule has 1 aliphatic rings. The molecule has 0 saturated carbocycles. The van der Waals surface area contributed by atoms with E-state index in [-0.39, 0.29) is 12.5 Å². The zero-order chi connectivity index (χ0) is 17.0. The van der Waals surface area contributed by atoms with E-state index in [0.29, 0.717) is 38.3 Å². The Hall–Kier alpha value is -2.48. The van der Waals surface area contributed by atoms with Crippen LogP contribution in [0.25, 0.3) is 0 Å². The summed E-state index contributed by atoms with van der Waals surface area (Å²) < 4.78 is 1.76. The van der Waals surface area contributed by atoms with Crippen molar-refractivity contribution >= 4 is 11.9 Å².